The summed E-state index contributed by atoms with van der Waals surface area (Å²) in [5, 5.41) is 9.13. The van der Waals surface area contributed by atoms with E-state index in [0.717, 1.165) is 22.4 Å². The molecule has 0 spiro atoms. The molecule has 2 rings (SSSR count). The highest BCUT2D eigenvalue weighted by molar-refractivity contribution is 7.16. The molecule has 1 aromatic heterocycles. The Kier molecular flexibility index (Phi) is 4.16. The Hall–Kier alpha value is -2.19. The molecule has 104 valence electrons. The molecule has 0 aliphatic carbocycles. The number of nitriles is 1. The minimum absolute atomic E-state index is 0.554. The third kappa shape index (κ3) is 2.43. The van der Waals surface area contributed by atoms with Crippen molar-refractivity contribution >= 4 is 17.0 Å². The van der Waals surface area contributed by atoms with Crippen LogP contribution in [0.3, 0.4) is 0 Å². The third-order valence-electron chi connectivity index (χ3n) is 3.12. The molecule has 0 aliphatic rings. The maximum Gasteiger partial charge on any atom is 0.128 e. The van der Waals surface area contributed by atoms with Crippen molar-refractivity contribution in [3.63, 3.8) is 0 Å². The van der Waals surface area contributed by atoms with E-state index >= 15 is 0 Å². The van der Waals surface area contributed by atoms with Gasteiger partial charge in [0.15, 0.2) is 0 Å². The summed E-state index contributed by atoms with van der Waals surface area (Å²) in [5.41, 5.74) is 8.57. The van der Waals surface area contributed by atoms with Gasteiger partial charge in [-0.2, -0.15) is 5.26 Å². The van der Waals surface area contributed by atoms with Gasteiger partial charge in [-0.3, -0.25) is 0 Å². The first-order valence-electron chi connectivity index (χ1n) is 6.19. The molecule has 0 unspecified atom stereocenters. The van der Waals surface area contributed by atoms with Crippen LogP contribution in [0.15, 0.2) is 18.2 Å². The van der Waals surface area contributed by atoms with Gasteiger partial charge < -0.3 is 15.2 Å². The van der Waals surface area contributed by atoms with Crippen molar-refractivity contribution in [1.29, 1.82) is 5.26 Å². The topological polar surface area (TPSA) is 68.3 Å². The number of hydrogen-bond acceptors (Lipinski definition) is 5. The van der Waals surface area contributed by atoms with Gasteiger partial charge in [0.05, 0.1) is 19.9 Å². The summed E-state index contributed by atoms with van der Waals surface area (Å²) < 4.78 is 10.6. The van der Waals surface area contributed by atoms with Crippen LogP contribution in [0.4, 0.5) is 5.69 Å². The fourth-order valence-electron chi connectivity index (χ4n) is 2.08. The molecule has 20 heavy (non-hydrogen) atoms. The zero-order chi connectivity index (χ0) is 14.7. The van der Waals surface area contributed by atoms with Crippen molar-refractivity contribution < 1.29 is 9.47 Å². The summed E-state index contributed by atoms with van der Waals surface area (Å²) in [7, 11) is 3.23. The Bertz CT molecular complexity index is 649. The van der Waals surface area contributed by atoms with Gasteiger partial charge in [0, 0.05) is 10.9 Å². The van der Waals surface area contributed by atoms with Gasteiger partial charge in [0.2, 0.25) is 0 Å². The van der Waals surface area contributed by atoms with E-state index in [4.69, 9.17) is 20.5 Å². The number of nitrogens with zero attached hydrogens (tertiary/aromatic N) is 1. The van der Waals surface area contributed by atoms with Gasteiger partial charge in [-0.05, 0) is 29.7 Å². The number of ether oxygens (including phenoxy) is 2. The van der Waals surface area contributed by atoms with Crippen molar-refractivity contribution in [2.45, 2.75) is 13.3 Å². The molecule has 2 N–H and O–H groups in total. The second-order valence-corrected chi connectivity index (χ2v) is 5.24. The summed E-state index contributed by atoms with van der Waals surface area (Å²) >= 11 is 1.40. The van der Waals surface area contributed by atoms with Crippen LogP contribution in [0.2, 0.25) is 0 Å². The first-order chi connectivity index (χ1) is 9.64. The fraction of sp³-hybridized carbons (Fsp3) is 0.267. The van der Waals surface area contributed by atoms with Crippen LogP contribution in [0.5, 0.6) is 11.5 Å². The molecule has 5 heteroatoms. The lowest BCUT2D eigenvalue weighted by Crippen LogP contribution is -1.92. The number of benzene rings is 1. The van der Waals surface area contributed by atoms with Gasteiger partial charge >= 0.3 is 0 Å². The smallest absolute Gasteiger partial charge is 0.128 e. The lowest BCUT2D eigenvalue weighted by atomic mass is 10.1. The molecule has 0 atom stereocenters. The number of nitrogen functional groups attached to an aromatic ring is 1. The summed E-state index contributed by atoms with van der Waals surface area (Å²) in [5.74, 6) is 1.43. The van der Waals surface area contributed by atoms with Crippen LogP contribution < -0.4 is 15.2 Å². The molecular weight excluding hydrogens is 272 g/mol. The van der Waals surface area contributed by atoms with Crippen LogP contribution in [-0.4, -0.2) is 14.2 Å². The molecule has 0 aliphatic heterocycles. The monoisotopic (exact) mass is 288 g/mol. The second kappa shape index (κ2) is 5.85. The summed E-state index contributed by atoms with van der Waals surface area (Å²) in [4.78, 5) is 1.55. The Balaban J connectivity index is 2.65. The average Bonchev–Trinajstić information content (AvgIpc) is 2.82. The highest BCUT2D eigenvalue weighted by Crippen LogP contribution is 2.41. The third-order valence-corrected chi connectivity index (χ3v) is 4.32. The number of rotatable bonds is 4. The van der Waals surface area contributed by atoms with Crippen molar-refractivity contribution in [3.8, 4) is 28.0 Å². The Morgan fingerprint density at radius 1 is 1.20 bits per heavy atom. The van der Waals surface area contributed by atoms with E-state index < -0.39 is 0 Å². The molecule has 0 bridgehead atoms. The maximum atomic E-state index is 9.13. The molecule has 4 nitrogen and oxygen atoms in total. The number of anilines is 1. The van der Waals surface area contributed by atoms with E-state index in [1.807, 2.05) is 25.1 Å². The second-order valence-electron chi connectivity index (χ2n) is 4.22. The normalized spacial score (nSPS) is 10.1. The van der Waals surface area contributed by atoms with Crippen molar-refractivity contribution in [1.82, 2.24) is 0 Å². The highest BCUT2D eigenvalue weighted by atomic mass is 32.1. The predicted molar refractivity (Wildman–Crippen MR) is 81.4 cm³/mol. The maximum absolute atomic E-state index is 9.13. The Labute approximate surface area is 122 Å². The SMILES string of the molecule is CCc1c(-c2cc(OC)cc(OC)c2)sc(C#N)c1N. The lowest BCUT2D eigenvalue weighted by molar-refractivity contribution is 0.394. The Morgan fingerprint density at radius 3 is 2.25 bits per heavy atom. The van der Waals surface area contributed by atoms with Gasteiger partial charge in [0.25, 0.3) is 0 Å². The largest absolute Gasteiger partial charge is 0.497 e. The first-order valence-corrected chi connectivity index (χ1v) is 7.00. The molecule has 2 aromatic rings. The molecule has 0 saturated heterocycles. The molecule has 0 saturated carbocycles. The summed E-state index contributed by atoms with van der Waals surface area (Å²) in [6, 6.07) is 7.81. The van der Waals surface area contributed by atoms with Crippen molar-refractivity contribution in [2.24, 2.45) is 0 Å². The summed E-state index contributed by atoms with van der Waals surface area (Å²) in [6.45, 7) is 2.03. The first kappa shape index (κ1) is 14.2. The van der Waals surface area contributed by atoms with Crippen LogP contribution in [0.1, 0.15) is 17.4 Å². The number of thiophene rings is 1. The number of nitrogens with two attached hydrogens (primary N) is 1. The van der Waals surface area contributed by atoms with E-state index in [9.17, 15) is 0 Å². The van der Waals surface area contributed by atoms with Crippen molar-refractivity contribution in [2.75, 3.05) is 20.0 Å². The number of methoxy groups -OCH3 is 2. The van der Waals surface area contributed by atoms with E-state index in [2.05, 4.69) is 6.07 Å². The Morgan fingerprint density at radius 2 is 1.80 bits per heavy atom. The molecule has 1 heterocycles. The van der Waals surface area contributed by atoms with E-state index in [0.29, 0.717) is 22.1 Å². The van der Waals surface area contributed by atoms with Crippen LogP contribution >= 0.6 is 11.3 Å². The molecule has 0 radical (unpaired) electrons. The summed E-state index contributed by atoms with van der Waals surface area (Å²) in [6.07, 6.45) is 0.777. The lowest BCUT2D eigenvalue weighted by Gasteiger charge is -2.09. The van der Waals surface area contributed by atoms with Crippen LogP contribution in [0.25, 0.3) is 10.4 Å². The van der Waals surface area contributed by atoms with Crippen LogP contribution in [-0.2, 0) is 6.42 Å². The van der Waals surface area contributed by atoms with E-state index in [-0.39, 0.29) is 0 Å². The molecular formula is C15H16N2O2S. The highest BCUT2D eigenvalue weighted by Gasteiger charge is 2.17. The van der Waals surface area contributed by atoms with E-state index in [1.165, 1.54) is 11.3 Å². The predicted octanol–water partition coefficient (Wildman–Crippen LogP) is 3.45. The quantitative estimate of drug-likeness (QED) is 0.935. The van der Waals surface area contributed by atoms with Gasteiger partial charge in [-0.15, -0.1) is 11.3 Å². The zero-order valence-corrected chi connectivity index (χ0v) is 12.5. The minimum atomic E-state index is 0.554. The number of hydrogen-bond donors (Lipinski definition) is 1. The zero-order valence-electron chi connectivity index (χ0n) is 11.7. The average molecular weight is 288 g/mol. The molecule has 1 aromatic carbocycles. The van der Waals surface area contributed by atoms with Crippen LogP contribution in [0, 0.1) is 11.3 Å². The standard InChI is InChI=1S/C15H16N2O2S/c1-4-12-14(17)13(8-16)20-15(12)9-5-10(18-2)7-11(6-9)19-3/h5-7H,4,17H2,1-3H3. The van der Waals surface area contributed by atoms with Gasteiger partial charge in [0.1, 0.15) is 22.4 Å². The van der Waals surface area contributed by atoms with Gasteiger partial charge in [-0.1, -0.05) is 6.92 Å². The van der Waals surface area contributed by atoms with Crippen molar-refractivity contribution in [3.05, 3.63) is 28.6 Å². The minimum Gasteiger partial charge on any atom is -0.497 e. The fourth-order valence-corrected chi connectivity index (χ4v) is 3.18. The molecule has 0 amide bonds. The molecule has 0 fully saturated rings. The van der Waals surface area contributed by atoms with Gasteiger partial charge in [-0.25, -0.2) is 0 Å². The van der Waals surface area contributed by atoms with E-state index in [1.54, 1.807) is 14.2 Å².